The van der Waals surface area contributed by atoms with Crippen LogP contribution in [0.25, 0.3) is 0 Å². The minimum atomic E-state index is -0.386. The summed E-state index contributed by atoms with van der Waals surface area (Å²) in [6.45, 7) is 1.09. The maximum atomic E-state index is 12.2. The van der Waals surface area contributed by atoms with Crippen LogP contribution in [0.5, 0.6) is 11.5 Å². The summed E-state index contributed by atoms with van der Waals surface area (Å²) >= 11 is 0. The van der Waals surface area contributed by atoms with Crippen molar-refractivity contribution in [1.82, 2.24) is 4.48 Å². The molecule has 0 aliphatic carbocycles. The van der Waals surface area contributed by atoms with Crippen molar-refractivity contribution >= 4 is 17.6 Å². The fraction of sp³-hybridized carbons (Fsp3) is 0.375. The van der Waals surface area contributed by atoms with Crippen LogP contribution in [0.4, 0.5) is 5.69 Å². The predicted molar refractivity (Wildman–Crippen MR) is 152 cm³/mol. The molecule has 0 aromatic heterocycles. The van der Waals surface area contributed by atoms with Crippen molar-refractivity contribution < 1.29 is 47.8 Å². The minimum Gasteiger partial charge on any atom is -1.00 e. The number of nitrogens with zero attached hydrogens (tertiary/aromatic N) is 1. The Bertz CT molecular complexity index is 1140. The lowest BCUT2D eigenvalue weighted by Crippen LogP contribution is -3.00. The van der Waals surface area contributed by atoms with E-state index in [0.29, 0.717) is 36.7 Å². The van der Waals surface area contributed by atoms with E-state index in [0.717, 1.165) is 48.6 Å². The number of benzene rings is 3. The van der Waals surface area contributed by atoms with Gasteiger partial charge in [0.2, 0.25) is 0 Å². The zero-order valence-electron chi connectivity index (χ0n) is 23.2. The average molecular weight is 646 g/mol. The molecular formula is C32H40INO5. The first-order valence-electron chi connectivity index (χ1n) is 13.4. The van der Waals surface area contributed by atoms with Gasteiger partial charge in [-0.25, -0.2) is 4.79 Å². The van der Waals surface area contributed by atoms with Gasteiger partial charge in [-0.1, -0.05) is 62.1 Å². The topological polar surface area (TPSA) is 61.8 Å². The molecule has 6 nitrogen and oxygen atoms in total. The van der Waals surface area contributed by atoms with Crippen LogP contribution in [0.3, 0.4) is 0 Å². The van der Waals surface area contributed by atoms with Gasteiger partial charge in [-0.15, -0.1) is 0 Å². The standard InChI is InChI=1S/C32H40NO5.HI/c1-33(2,3)28-20-18-26(19-21-28)24-31(34)37-23-12-7-5-4-6-11-22-36-29-16-13-17-30(25-29)38-32(35)27-14-9-8-10-15-27;/h8-10,13-21,25H,4-7,11-12,22-24H2,1-3H3;1H/q+1;/p-1. The number of halogens is 1. The summed E-state index contributed by atoms with van der Waals surface area (Å²) in [6, 6.07) is 24.2. The maximum absolute atomic E-state index is 12.2. The molecule has 0 atom stereocenters. The number of carbonyl (C=O) groups is 2. The molecule has 0 unspecified atom stereocenters. The predicted octanol–water partition coefficient (Wildman–Crippen LogP) is 3.61. The normalized spacial score (nSPS) is 10.8. The molecule has 0 heterocycles. The third-order valence-electron chi connectivity index (χ3n) is 6.16. The smallest absolute Gasteiger partial charge is 0.343 e. The van der Waals surface area contributed by atoms with Gasteiger partial charge in [0, 0.05) is 6.07 Å². The summed E-state index contributed by atoms with van der Waals surface area (Å²) < 4.78 is 17.4. The van der Waals surface area contributed by atoms with Crippen molar-refractivity contribution in [3.63, 3.8) is 0 Å². The van der Waals surface area contributed by atoms with E-state index in [4.69, 9.17) is 14.2 Å². The van der Waals surface area contributed by atoms with Crippen LogP contribution in [0.2, 0.25) is 0 Å². The molecule has 0 radical (unpaired) electrons. The van der Waals surface area contributed by atoms with Crippen LogP contribution < -0.4 is 37.9 Å². The van der Waals surface area contributed by atoms with E-state index in [1.165, 1.54) is 5.69 Å². The number of rotatable bonds is 15. The molecular weight excluding hydrogens is 605 g/mol. The number of hydrogen-bond acceptors (Lipinski definition) is 5. The summed E-state index contributed by atoms with van der Waals surface area (Å²) in [5.74, 6) is 0.603. The summed E-state index contributed by atoms with van der Waals surface area (Å²) in [5, 5.41) is 0. The molecule has 0 spiro atoms. The number of hydrogen-bond donors (Lipinski definition) is 0. The van der Waals surface area contributed by atoms with Gasteiger partial charge in [-0.3, -0.25) is 9.28 Å². The second-order valence-electron chi connectivity index (χ2n) is 10.3. The summed E-state index contributed by atoms with van der Waals surface area (Å²) in [7, 11) is 6.35. The Hall–Kier alpha value is -2.91. The molecule has 39 heavy (non-hydrogen) atoms. The summed E-state index contributed by atoms with van der Waals surface area (Å²) in [4.78, 5) is 24.3. The van der Waals surface area contributed by atoms with Gasteiger partial charge in [0.05, 0.1) is 46.3 Å². The molecule has 0 saturated carbocycles. The zero-order chi connectivity index (χ0) is 27.2. The molecule has 0 aliphatic heterocycles. The van der Waals surface area contributed by atoms with Crippen LogP contribution >= 0.6 is 0 Å². The van der Waals surface area contributed by atoms with E-state index in [1.807, 2.05) is 30.3 Å². The van der Waals surface area contributed by atoms with Crippen molar-refractivity contribution in [1.29, 1.82) is 0 Å². The third kappa shape index (κ3) is 12.2. The van der Waals surface area contributed by atoms with Gasteiger partial charge in [0.1, 0.15) is 17.2 Å². The van der Waals surface area contributed by atoms with Crippen molar-refractivity contribution in [2.75, 3.05) is 34.4 Å². The molecule has 0 bridgehead atoms. The quantitative estimate of drug-likeness (QED) is 0.0832. The fourth-order valence-corrected chi connectivity index (χ4v) is 3.93. The number of quaternary nitrogens is 1. The first-order chi connectivity index (χ1) is 18.3. The molecule has 0 saturated heterocycles. The Morgan fingerprint density at radius 1 is 0.692 bits per heavy atom. The van der Waals surface area contributed by atoms with Crippen molar-refractivity contribution in [2.45, 2.75) is 44.9 Å². The van der Waals surface area contributed by atoms with E-state index in [1.54, 1.807) is 36.4 Å². The lowest BCUT2D eigenvalue weighted by Gasteiger charge is -2.23. The molecule has 3 aromatic rings. The lowest BCUT2D eigenvalue weighted by atomic mass is 10.1. The second-order valence-corrected chi connectivity index (χ2v) is 10.3. The van der Waals surface area contributed by atoms with Gasteiger partial charge >= 0.3 is 11.9 Å². The van der Waals surface area contributed by atoms with Crippen LogP contribution in [-0.4, -0.2) is 46.3 Å². The van der Waals surface area contributed by atoms with Crippen molar-refractivity contribution in [3.05, 3.63) is 90.0 Å². The molecule has 7 heteroatoms. The average Bonchev–Trinajstić information content (AvgIpc) is 2.90. The first-order valence-corrected chi connectivity index (χ1v) is 13.4. The highest BCUT2D eigenvalue weighted by molar-refractivity contribution is 5.91. The molecule has 210 valence electrons. The van der Waals surface area contributed by atoms with Crippen LogP contribution in [0.15, 0.2) is 78.9 Å². The molecule has 0 N–H and O–H groups in total. The van der Waals surface area contributed by atoms with E-state index >= 15 is 0 Å². The monoisotopic (exact) mass is 645 g/mol. The highest BCUT2D eigenvalue weighted by Gasteiger charge is 2.12. The minimum absolute atomic E-state index is 0. The van der Waals surface area contributed by atoms with Gasteiger partial charge in [-0.2, -0.15) is 0 Å². The first kappa shape index (κ1) is 32.3. The number of esters is 2. The molecule has 0 amide bonds. The zero-order valence-corrected chi connectivity index (χ0v) is 25.4. The molecule has 0 aliphatic rings. The highest BCUT2D eigenvalue weighted by Crippen LogP contribution is 2.21. The number of carbonyl (C=O) groups excluding carboxylic acids is 2. The number of unbranched alkanes of at least 4 members (excludes halogenated alkanes) is 5. The Balaban J connectivity index is 0.00000533. The van der Waals surface area contributed by atoms with E-state index in [-0.39, 0.29) is 35.9 Å². The fourth-order valence-electron chi connectivity index (χ4n) is 3.93. The second kappa shape index (κ2) is 16.9. The van der Waals surface area contributed by atoms with Gasteiger partial charge in [0.15, 0.2) is 0 Å². The van der Waals surface area contributed by atoms with E-state index < -0.39 is 0 Å². The third-order valence-corrected chi connectivity index (χ3v) is 6.16. The summed E-state index contributed by atoms with van der Waals surface area (Å²) in [5.41, 5.74) is 2.69. The van der Waals surface area contributed by atoms with E-state index in [9.17, 15) is 9.59 Å². The van der Waals surface area contributed by atoms with Gasteiger partial charge in [0.25, 0.3) is 0 Å². The molecule has 3 rings (SSSR count). The van der Waals surface area contributed by atoms with Gasteiger partial charge in [-0.05, 0) is 54.8 Å². The Morgan fingerprint density at radius 3 is 1.97 bits per heavy atom. The Labute approximate surface area is 249 Å². The molecule has 0 fully saturated rings. The summed E-state index contributed by atoms with van der Waals surface area (Å²) in [6.07, 6.45) is 6.50. The van der Waals surface area contributed by atoms with Crippen LogP contribution in [0, 0.1) is 0 Å². The van der Waals surface area contributed by atoms with E-state index in [2.05, 4.69) is 33.3 Å². The van der Waals surface area contributed by atoms with Crippen molar-refractivity contribution in [3.8, 4) is 11.5 Å². The maximum Gasteiger partial charge on any atom is 0.343 e. The largest absolute Gasteiger partial charge is 1.00 e. The highest BCUT2D eigenvalue weighted by atomic mass is 127. The Morgan fingerprint density at radius 2 is 1.31 bits per heavy atom. The van der Waals surface area contributed by atoms with Crippen LogP contribution in [-0.2, 0) is 16.0 Å². The Kier molecular flexibility index (Phi) is 14.0. The van der Waals surface area contributed by atoms with Crippen LogP contribution in [0.1, 0.15) is 54.4 Å². The molecule has 3 aromatic carbocycles. The SMILES string of the molecule is C[N+](C)(C)c1ccc(CC(=O)OCCCCCCCCOc2cccc(OC(=O)c3ccccc3)c2)cc1.[I-]. The van der Waals surface area contributed by atoms with Gasteiger partial charge < -0.3 is 38.2 Å². The van der Waals surface area contributed by atoms with Crippen molar-refractivity contribution in [2.24, 2.45) is 0 Å². The lowest BCUT2D eigenvalue weighted by molar-refractivity contribution is -0.142. The number of ether oxygens (including phenoxy) is 3.